The summed E-state index contributed by atoms with van der Waals surface area (Å²) in [6.45, 7) is 2.75. The maximum absolute atomic E-state index is 13.9. The van der Waals surface area contributed by atoms with E-state index >= 15 is 0 Å². The van der Waals surface area contributed by atoms with E-state index in [4.69, 9.17) is 5.73 Å². The fourth-order valence-corrected chi connectivity index (χ4v) is 1.65. The third-order valence-corrected chi connectivity index (χ3v) is 2.76. The minimum Gasteiger partial charge on any atom is -0.320 e. The average molecular weight is 263 g/mol. The number of nitrogens with two attached hydrogens (primary N) is 1. The molecule has 0 fully saturated rings. The number of hydrogen-bond acceptors (Lipinski definition) is 3. The van der Waals surface area contributed by atoms with Crippen LogP contribution in [0.5, 0.6) is 0 Å². The molecule has 0 radical (unpaired) electrons. The summed E-state index contributed by atoms with van der Waals surface area (Å²) >= 11 is 0. The zero-order valence-electron chi connectivity index (χ0n) is 11.9. The van der Waals surface area contributed by atoms with Crippen LogP contribution < -0.4 is 5.73 Å². The molecular weight excluding hydrogens is 241 g/mol. The van der Waals surface area contributed by atoms with Crippen LogP contribution in [0.1, 0.15) is 11.1 Å². The van der Waals surface area contributed by atoms with E-state index < -0.39 is 0 Å². The zero-order valence-corrected chi connectivity index (χ0v) is 11.9. The Morgan fingerprint density at radius 3 is 2.53 bits per heavy atom. The van der Waals surface area contributed by atoms with Gasteiger partial charge in [0.05, 0.1) is 6.54 Å². The maximum atomic E-state index is 13.9. The van der Waals surface area contributed by atoms with Crippen molar-refractivity contribution in [2.75, 3.05) is 40.8 Å². The lowest BCUT2D eigenvalue weighted by Crippen LogP contribution is -2.28. The highest BCUT2D eigenvalue weighted by molar-refractivity contribution is 5.37. The van der Waals surface area contributed by atoms with Gasteiger partial charge in [-0.15, -0.1) is 0 Å². The predicted molar refractivity (Wildman–Crippen MR) is 77.2 cm³/mol. The highest BCUT2D eigenvalue weighted by atomic mass is 19.1. The Bertz CT molecular complexity index is 460. The molecule has 3 nitrogen and oxygen atoms in total. The van der Waals surface area contributed by atoms with Crippen LogP contribution >= 0.6 is 0 Å². The number of halogens is 1. The molecule has 0 amide bonds. The van der Waals surface area contributed by atoms with Crippen LogP contribution in [0.2, 0.25) is 0 Å². The Kier molecular flexibility index (Phi) is 6.51. The molecule has 0 saturated heterocycles. The lowest BCUT2D eigenvalue weighted by Gasteiger charge is -2.19. The lowest BCUT2D eigenvalue weighted by atomic mass is 10.1. The molecule has 1 rings (SSSR count). The minimum atomic E-state index is -0.208. The standard InChI is InChI=1S/C15H22FN3/c1-18(2)9-10-19(3)12-14-7-6-13(5-4-8-17)11-15(14)16/h6-7,11H,8-10,12,17H2,1-3H3. The molecule has 0 aliphatic rings. The van der Waals surface area contributed by atoms with Gasteiger partial charge in [-0.25, -0.2) is 4.39 Å². The van der Waals surface area contributed by atoms with Gasteiger partial charge in [0, 0.05) is 30.8 Å². The van der Waals surface area contributed by atoms with E-state index in [1.54, 1.807) is 6.07 Å². The first-order chi connectivity index (χ1) is 9.02. The van der Waals surface area contributed by atoms with E-state index in [0.29, 0.717) is 17.7 Å². The van der Waals surface area contributed by atoms with Gasteiger partial charge in [0.2, 0.25) is 0 Å². The molecular formula is C15H22FN3. The Morgan fingerprint density at radius 2 is 1.95 bits per heavy atom. The summed E-state index contributed by atoms with van der Waals surface area (Å²) in [5.74, 6) is 5.34. The van der Waals surface area contributed by atoms with Crippen LogP contribution in [-0.2, 0) is 6.54 Å². The van der Waals surface area contributed by atoms with Crippen LogP contribution in [0.4, 0.5) is 4.39 Å². The second-order valence-corrected chi connectivity index (χ2v) is 4.85. The second kappa shape index (κ2) is 7.90. The molecule has 0 heterocycles. The normalized spacial score (nSPS) is 10.7. The lowest BCUT2D eigenvalue weighted by molar-refractivity contribution is 0.273. The number of nitrogens with zero attached hydrogens (tertiary/aromatic N) is 2. The van der Waals surface area contributed by atoms with Gasteiger partial charge in [-0.2, -0.15) is 0 Å². The first kappa shape index (κ1) is 15.6. The number of benzene rings is 1. The van der Waals surface area contributed by atoms with Gasteiger partial charge >= 0.3 is 0 Å². The fraction of sp³-hybridized carbons (Fsp3) is 0.467. The SMILES string of the molecule is CN(C)CCN(C)Cc1ccc(C#CCN)cc1F. The summed E-state index contributed by atoms with van der Waals surface area (Å²) in [7, 11) is 6.05. The molecule has 0 aliphatic carbocycles. The van der Waals surface area contributed by atoms with E-state index in [2.05, 4.69) is 21.6 Å². The van der Waals surface area contributed by atoms with Gasteiger partial charge in [-0.3, -0.25) is 0 Å². The predicted octanol–water partition coefficient (Wildman–Crippen LogP) is 1.13. The van der Waals surface area contributed by atoms with Crippen molar-refractivity contribution in [1.82, 2.24) is 9.80 Å². The van der Waals surface area contributed by atoms with Crippen molar-refractivity contribution >= 4 is 0 Å². The van der Waals surface area contributed by atoms with Gasteiger partial charge in [0.15, 0.2) is 0 Å². The molecule has 0 aromatic heterocycles. The van der Waals surface area contributed by atoms with Gasteiger partial charge in [-0.1, -0.05) is 17.9 Å². The van der Waals surface area contributed by atoms with Gasteiger partial charge in [-0.05, 0) is 33.3 Å². The van der Waals surface area contributed by atoms with E-state index in [-0.39, 0.29) is 12.4 Å². The fourth-order valence-electron chi connectivity index (χ4n) is 1.65. The highest BCUT2D eigenvalue weighted by Gasteiger charge is 2.06. The molecule has 1 aromatic rings. The van der Waals surface area contributed by atoms with Crippen molar-refractivity contribution in [3.8, 4) is 11.8 Å². The molecule has 4 heteroatoms. The van der Waals surface area contributed by atoms with Crippen molar-refractivity contribution in [2.24, 2.45) is 5.73 Å². The largest absolute Gasteiger partial charge is 0.320 e. The zero-order chi connectivity index (χ0) is 14.3. The second-order valence-electron chi connectivity index (χ2n) is 4.85. The van der Waals surface area contributed by atoms with Crippen LogP contribution in [0, 0.1) is 17.7 Å². The van der Waals surface area contributed by atoms with Gasteiger partial charge in [0.25, 0.3) is 0 Å². The van der Waals surface area contributed by atoms with Crippen LogP contribution in [0.3, 0.4) is 0 Å². The summed E-state index contributed by atoms with van der Waals surface area (Å²) in [6, 6.07) is 5.10. The van der Waals surface area contributed by atoms with Crippen molar-refractivity contribution in [3.05, 3.63) is 35.1 Å². The molecule has 2 N–H and O–H groups in total. The quantitative estimate of drug-likeness (QED) is 0.808. The van der Waals surface area contributed by atoms with E-state index in [1.165, 1.54) is 6.07 Å². The summed E-state index contributed by atoms with van der Waals surface area (Å²) in [4.78, 5) is 4.21. The monoisotopic (exact) mass is 263 g/mol. The molecule has 19 heavy (non-hydrogen) atoms. The molecule has 0 bridgehead atoms. The summed E-state index contributed by atoms with van der Waals surface area (Å²) in [5, 5.41) is 0. The van der Waals surface area contributed by atoms with Crippen LogP contribution in [0.15, 0.2) is 18.2 Å². The third-order valence-electron chi connectivity index (χ3n) is 2.76. The van der Waals surface area contributed by atoms with Crippen molar-refractivity contribution in [3.63, 3.8) is 0 Å². The first-order valence-electron chi connectivity index (χ1n) is 6.33. The van der Waals surface area contributed by atoms with E-state index in [1.807, 2.05) is 27.2 Å². The Hall–Kier alpha value is -1.41. The van der Waals surface area contributed by atoms with E-state index in [9.17, 15) is 4.39 Å². The Balaban J connectivity index is 2.64. The van der Waals surface area contributed by atoms with Gasteiger partial charge in [0.1, 0.15) is 5.82 Å². The smallest absolute Gasteiger partial charge is 0.128 e. The Morgan fingerprint density at radius 1 is 1.21 bits per heavy atom. The number of rotatable bonds is 5. The summed E-state index contributed by atoms with van der Waals surface area (Å²) in [5.41, 5.74) is 6.65. The summed E-state index contributed by atoms with van der Waals surface area (Å²) < 4.78 is 13.9. The topological polar surface area (TPSA) is 32.5 Å². The van der Waals surface area contributed by atoms with Crippen LogP contribution in [0.25, 0.3) is 0 Å². The van der Waals surface area contributed by atoms with Crippen molar-refractivity contribution < 1.29 is 4.39 Å². The molecule has 104 valence electrons. The molecule has 1 aromatic carbocycles. The molecule has 0 aliphatic heterocycles. The molecule has 0 saturated carbocycles. The Labute approximate surface area is 115 Å². The molecule has 0 atom stereocenters. The first-order valence-corrected chi connectivity index (χ1v) is 6.33. The molecule has 0 spiro atoms. The van der Waals surface area contributed by atoms with Crippen molar-refractivity contribution in [2.45, 2.75) is 6.54 Å². The number of hydrogen-bond donors (Lipinski definition) is 1. The minimum absolute atomic E-state index is 0.208. The maximum Gasteiger partial charge on any atom is 0.128 e. The average Bonchev–Trinajstić information content (AvgIpc) is 2.37. The van der Waals surface area contributed by atoms with Crippen molar-refractivity contribution in [1.29, 1.82) is 0 Å². The van der Waals surface area contributed by atoms with Crippen LogP contribution in [-0.4, -0.2) is 50.6 Å². The van der Waals surface area contributed by atoms with E-state index in [0.717, 1.165) is 13.1 Å². The highest BCUT2D eigenvalue weighted by Crippen LogP contribution is 2.11. The van der Waals surface area contributed by atoms with Gasteiger partial charge < -0.3 is 15.5 Å². The number of likely N-dealkylation sites (N-methyl/N-ethyl adjacent to an activating group) is 2. The summed E-state index contributed by atoms with van der Waals surface area (Å²) in [6.07, 6.45) is 0. The third kappa shape index (κ3) is 5.84. The molecule has 0 unspecified atom stereocenters.